The zero-order valence-electron chi connectivity index (χ0n) is 21.7. The molecule has 3 rings (SSSR count). The van der Waals surface area contributed by atoms with Gasteiger partial charge in [-0.2, -0.15) is 0 Å². The van der Waals surface area contributed by atoms with Crippen LogP contribution in [0.1, 0.15) is 45.3 Å². The summed E-state index contributed by atoms with van der Waals surface area (Å²) in [7, 11) is 8.07. The zero-order chi connectivity index (χ0) is 26.7. The van der Waals surface area contributed by atoms with E-state index in [1.165, 1.54) is 26.2 Å². The number of Topliss-reactive ketones (excluding diaryl/α,β-unsaturated/α-hetero) is 1. The van der Waals surface area contributed by atoms with Crippen LogP contribution in [0.15, 0.2) is 23.8 Å². The number of ketones is 1. The number of aliphatic hydroxyl groups is 1. The predicted molar refractivity (Wildman–Crippen MR) is 133 cm³/mol. The highest BCUT2D eigenvalue weighted by Crippen LogP contribution is 2.46. The third kappa shape index (κ3) is 4.68. The van der Waals surface area contributed by atoms with Crippen molar-refractivity contribution < 1.29 is 33.7 Å². The maximum atomic E-state index is 13.4. The van der Waals surface area contributed by atoms with Crippen LogP contribution in [0.4, 0.5) is 0 Å². The molecular formula is C26H33N3O7. The van der Waals surface area contributed by atoms with E-state index in [2.05, 4.69) is 4.98 Å². The first kappa shape index (κ1) is 26.8. The van der Waals surface area contributed by atoms with Gasteiger partial charge in [-0.15, -0.1) is 0 Å². The highest BCUT2D eigenvalue weighted by atomic mass is 16.5. The molecule has 1 aliphatic heterocycles. The van der Waals surface area contributed by atoms with E-state index in [0.717, 1.165) is 0 Å². The van der Waals surface area contributed by atoms with Crippen molar-refractivity contribution in [2.75, 3.05) is 48.5 Å². The SMILES string of the molecule is COC(=O)c1[nH]c(C)c(/C(O)=C2/C(=O)C(=O)N(CCCN(C)C)C2c2cccc(OC)c2OC)c1C. The molecule has 0 radical (unpaired) electrons. The van der Waals surface area contributed by atoms with Crippen LogP contribution in [-0.4, -0.2) is 86.1 Å². The highest BCUT2D eigenvalue weighted by Gasteiger charge is 2.47. The maximum Gasteiger partial charge on any atom is 0.354 e. The van der Waals surface area contributed by atoms with E-state index >= 15 is 0 Å². The first-order valence-electron chi connectivity index (χ1n) is 11.5. The van der Waals surface area contributed by atoms with Gasteiger partial charge in [0.2, 0.25) is 0 Å². The van der Waals surface area contributed by atoms with Crippen LogP contribution in [-0.2, 0) is 14.3 Å². The number of ether oxygens (including phenoxy) is 3. The Bertz CT molecular complexity index is 1210. The number of amides is 1. The molecule has 1 aromatic heterocycles. The molecule has 1 aromatic carbocycles. The number of carbonyl (C=O) groups is 3. The average Bonchev–Trinajstić information content (AvgIpc) is 3.29. The number of hydrogen-bond donors (Lipinski definition) is 2. The number of esters is 1. The highest BCUT2D eigenvalue weighted by molar-refractivity contribution is 6.46. The first-order chi connectivity index (χ1) is 17.1. The number of methoxy groups -OCH3 is 3. The number of H-pyrrole nitrogens is 1. The number of aliphatic hydroxyl groups excluding tert-OH is 1. The molecule has 36 heavy (non-hydrogen) atoms. The molecule has 194 valence electrons. The van der Waals surface area contributed by atoms with Crippen molar-refractivity contribution >= 4 is 23.4 Å². The smallest absolute Gasteiger partial charge is 0.354 e. The molecule has 1 fully saturated rings. The van der Waals surface area contributed by atoms with E-state index in [4.69, 9.17) is 14.2 Å². The molecule has 0 bridgehead atoms. The van der Waals surface area contributed by atoms with Crippen LogP contribution in [0, 0.1) is 13.8 Å². The van der Waals surface area contributed by atoms with Crippen molar-refractivity contribution in [2.45, 2.75) is 26.3 Å². The Morgan fingerprint density at radius 1 is 1.14 bits per heavy atom. The molecule has 1 atom stereocenters. The monoisotopic (exact) mass is 499 g/mol. The molecular weight excluding hydrogens is 466 g/mol. The van der Waals surface area contributed by atoms with Crippen molar-refractivity contribution in [2.24, 2.45) is 0 Å². The fourth-order valence-corrected chi connectivity index (χ4v) is 4.66. The van der Waals surface area contributed by atoms with Gasteiger partial charge in [0.1, 0.15) is 11.5 Å². The van der Waals surface area contributed by atoms with Crippen molar-refractivity contribution in [3.05, 3.63) is 51.9 Å². The molecule has 1 saturated heterocycles. The fraction of sp³-hybridized carbons (Fsp3) is 0.423. The van der Waals surface area contributed by atoms with Crippen LogP contribution < -0.4 is 9.47 Å². The number of rotatable bonds is 9. The molecule has 1 amide bonds. The van der Waals surface area contributed by atoms with E-state index in [1.54, 1.807) is 32.0 Å². The number of benzene rings is 1. The van der Waals surface area contributed by atoms with E-state index in [9.17, 15) is 19.5 Å². The Labute approximate surface area is 210 Å². The molecule has 1 aliphatic rings. The Hall–Kier alpha value is -3.79. The summed E-state index contributed by atoms with van der Waals surface area (Å²) in [5.74, 6) is -1.73. The molecule has 0 aliphatic carbocycles. The van der Waals surface area contributed by atoms with Gasteiger partial charge in [-0.1, -0.05) is 12.1 Å². The number of aryl methyl sites for hydroxylation is 1. The van der Waals surface area contributed by atoms with Crippen LogP contribution >= 0.6 is 0 Å². The minimum absolute atomic E-state index is 0.0852. The average molecular weight is 500 g/mol. The van der Waals surface area contributed by atoms with Crippen molar-refractivity contribution in [3.63, 3.8) is 0 Å². The quantitative estimate of drug-likeness (QED) is 0.234. The number of carbonyl (C=O) groups excluding carboxylic acids is 3. The predicted octanol–water partition coefficient (Wildman–Crippen LogP) is 2.81. The van der Waals surface area contributed by atoms with Gasteiger partial charge in [0.15, 0.2) is 11.5 Å². The van der Waals surface area contributed by atoms with Crippen LogP contribution in [0.3, 0.4) is 0 Å². The molecule has 2 aromatic rings. The van der Waals surface area contributed by atoms with Crippen LogP contribution in [0.25, 0.3) is 5.76 Å². The van der Waals surface area contributed by atoms with Crippen molar-refractivity contribution in [1.82, 2.24) is 14.8 Å². The lowest BCUT2D eigenvalue weighted by atomic mass is 9.93. The van der Waals surface area contributed by atoms with Gasteiger partial charge in [-0.3, -0.25) is 9.59 Å². The lowest BCUT2D eigenvalue weighted by molar-refractivity contribution is -0.140. The maximum absolute atomic E-state index is 13.4. The molecule has 0 spiro atoms. The summed E-state index contributed by atoms with van der Waals surface area (Å²) in [4.78, 5) is 45.2. The molecule has 10 heteroatoms. The second-order valence-corrected chi connectivity index (χ2v) is 8.85. The first-order valence-corrected chi connectivity index (χ1v) is 11.5. The summed E-state index contributed by atoms with van der Waals surface area (Å²) in [6, 6.07) is 4.26. The minimum Gasteiger partial charge on any atom is -0.507 e. The second kappa shape index (κ2) is 10.9. The van der Waals surface area contributed by atoms with E-state index in [-0.39, 0.29) is 29.1 Å². The third-order valence-electron chi connectivity index (χ3n) is 6.34. The number of aromatic nitrogens is 1. The molecule has 2 N–H and O–H groups in total. The van der Waals surface area contributed by atoms with Gasteiger partial charge in [-0.25, -0.2) is 4.79 Å². The lowest BCUT2D eigenvalue weighted by Gasteiger charge is -2.27. The standard InChI is InChI=1S/C26H33N3O7/c1-14-18(15(2)27-20(14)26(33)36-7)22(30)19-21(16-10-8-11-17(34-5)24(16)35-6)29(25(32)23(19)31)13-9-12-28(3)4/h8,10-11,21,27,30H,9,12-13H2,1-7H3/b22-19-. The Morgan fingerprint density at radius 2 is 1.83 bits per heavy atom. The zero-order valence-corrected chi connectivity index (χ0v) is 21.7. The van der Waals surface area contributed by atoms with Crippen LogP contribution in [0.2, 0.25) is 0 Å². The minimum atomic E-state index is -0.924. The fourth-order valence-electron chi connectivity index (χ4n) is 4.66. The van der Waals surface area contributed by atoms with Gasteiger partial charge >= 0.3 is 5.97 Å². The number of likely N-dealkylation sites (tertiary alicyclic amines) is 1. The van der Waals surface area contributed by atoms with E-state index < -0.39 is 23.7 Å². The van der Waals surface area contributed by atoms with E-state index in [0.29, 0.717) is 41.3 Å². The number of nitrogens with zero attached hydrogens (tertiary/aromatic N) is 2. The summed E-state index contributed by atoms with van der Waals surface area (Å²) in [6.45, 7) is 4.29. The second-order valence-electron chi connectivity index (χ2n) is 8.85. The summed E-state index contributed by atoms with van der Waals surface area (Å²) in [5, 5.41) is 11.5. The van der Waals surface area contributed by atoms with Crippen molar-refractivity contribution in [1.29, 1.82) is 0 Å². The summed E-state index contributed by atoms with van der Waals surface area (Å²) in [5.41, 5.74) is 1.72. The normalized spacial score (nSPS) is 17.1. The summed E-state index contributed by atoms with van der Waals surface area (Å²) < 4.78 is 15.9. The number of aromatic amines is 1. The molecule has 2 heterocycles. The Kier molecular flexibility index (Phi) is 8.09. The number of nitrogens with one attached hydrogen (secondary N) is 1. The summed E-state index contributed by atoms with van der Waals surface area (Å²) >= 11 is 0. The topological polar surface area (TPSA) is 121 Å². The van der Waals surface area contributed by atoms with Gasteiger partial charge in [0, 0.05) is 23.4 Å². The van der Waals surface area contributed by atoms with Gasteiger partial charge < -0.3 is 34.1 Å². The number of hydrogen-bond acceptors (Lipinski definition) is 8. The van der Waals surface area contributed by atoms with E-state index in [1.807, 2.05) is 19.0 Å². The molecule has 10 nitrogen and oxygen atoms in total. The largest absolute Gasteiger partial charge is 0.507 e. The molecule has 1 unspecified atom stereocenters. The van der Waals surface area contributed by atoms with Gasteiger partial charge in [0.05, 0.1) is 32.9 Å². The van der Waals surface area contributed by atoms with Gasteiger partial charge in [0.25, 0.3) is 11.7 Å². The number of para-hydroxylation sites is 1. The molecule has 0 saturated carbocycles. The van der Waals surface area contributed by atoms with Crippen LogP contribution in [0.5, 0.6) is 11.5 Å². The lowest BCUT2D eigenvalue weighted by Crippen LogP contribution is -2.32. The summed E-state index contributed by atoms with van der Waals surface area (Å²) in [6.07, 6.45) is 0.609. The van der Waals surface area contributed by atoms with Crippen molar-refractivity contribution in [3.8, 4) is 11.5 Å². The Balaban J connectivity index is 2.27. The van der Waals surface area contributed by atoms with Gasteiger partial charge in [-0.05, 0) is 52.5 Å². The third-order valence-corrected chi connectivity index (χ3v) is 6.34. The Morgan fingerprint density at radius 3 is 2.42 bits per heavy atom.